The molecule has 0 spiro atoms. The lowest BCUT2D eigenvalue weighted by Gasteiger charge is -2.23. The molecule has 1 aromatic rings. The molecule has 1 aromatic carbocycles. The molecule has 0 aliphatic carbocycles. The van der Waals surface area contributed by atoms with E-state index in [0.717, 1.165) is 31.5 Å². The van der Waals surface area contributed by atoms with Gasteiger partial charge in [0.15, 0.2) is 0 Å². The van der Waals surface area contributed by atoms with Crippen LogP contribution in [-0.4, -0.2) is 25.5 Å². The number of rotatable bonds is 3. The number of nitrogens with one attached hydrogen (secondary N) is 2. The number of aryl methyl sites for hydroxylation is 1. The minimum atomic E-state index is 0.0383. The van der Waals surface area contributed by atoms with E-state index in [1.54, 1.807) is 0 Å². The fourth-order valence-corrected chi connectivity index (χ4v) is 2.60. The van der Waals surface area contributed by atoms with E-state index in [-0.39, 0.29) is 5.91 Å². The van der Waals surface area contributed by atoms with E-state index in [0.29, 0.717) is 12.5 Å². The highest BCUT2D eigenvalue weighted by atomic mass is 16.1. The van der Waals surface area contributed by atoms with Gasteiger partial charge in [-0.3, -0.25) is 4.79 Å². The van der Waals surface area contributed by atoms with Gasteiger partial charge in [0.2, 0.25) is 0 Å². The number of hydrogen-bond donors (Lipinski definition) is 2. The van der Waals surface area contributed by atoms with Crippen molar-refractivity contribution in [2.45, 2.75) is 32.6 Å². The topological polar surface area (TPSA) is 41.1 Å². The van der Waals surface area contributed by atoms with Crippen LogP contribution in [0.1, 0.15) is 47.2 Å². The number of carbonyl (C=O) groups excluding carboxylic acids is 1. The monoisotopic (exact) mass is 246 g/mol. The minimum Gasteiger partial charge on any atom is -0.352 e. The van der Waals surface area contributed by atoms with Crippen LogP contribution in [0.2, 0.25) is 0 Å². The van der Waals surface area contributed by atoms with E-state index in [1.807, 2.05) is 13.0 Å². The van der Waals surface area contributed by atoms with Gasteiger partial charge >= 0.3 is 0 Å². The summed E-state index contributed by atoms with van der Waals surface area (Å²) in [6, 6.07) is 6.25. The van der Waals surface area contributed by atoms with Gasteiger partial charge in [0.05, 0.1) is 0 Å². The Hall–Kier alpha value is -1.35. The maximum atomic E-state index is 11.9. The molecule has 0 aromatic heterocycles. The van der Waals surface area contributed by atoms with Crippen molar-refractivity contribution in [2.24, 2.45) is 0 Å². The first-order chi connectivity index (χ1) is 8.70. The quantitative estimate of drug-likeness (QED) is 0.858. The highest BCUT2D eigenvalue weighted by molar-refractivity contribution is 5.94. The molecule has 1 amide bonds. The Balaban J connectivity index is 2.22. The Bertz CT molecular complexity index is 423. The van der Waals surface area contributed by atoms with Crippen LogP contribution in [0.3, 0.4) is 0 Å². The molecule has 0 saturated carbocycles. The van der Waals surface area contributed by atoms with Crippen LogP contribution >= 0.6 is 0 Å². The van der Waals surface area contributed by atoms with Crippen LogP contribution in [-0.2, 0) is 0 Å². The second-order valence-electron chi connectivity index (χ2n) is 5.02. The van der Waals surface area contributed by atoms with Crippen LogP contribution < -0.4 is 10.6 Å². The SMILES string of the molecule is CCNC(=O)c1cc(C)cc(C2CCNCC2)c1. The minimum absolute atomic E-state index is 0.0383. The zero-order valence-corrected chi connectivity index (χ0v) is 11.3. The van der Waals surface area contributed by atoms with Crippen molar-refractivity contribution in [2.75, 3.05) is 19.6 Å². The Labute approximate surface area is 109 Å². The molecule has 1 heterocycles. The summed E-state index contributed by atoms with van der Waals surface area (Å²) in [6.45, 7) is 6.84. The Morgan fingerprint density at radius 2 is 2.06 bits per heavy atom. The van der Waals surface area contributed by atoms with Crippen LogP contribution in [0.15, 0.2) is 18.2 Å². The van der Waals surface area contributed by atoms with E-state index in [9.17, 15) is 4.79 Å². The molecular weight excluding hydrogens is 224 g/mol. The van der Waals surface area contributed by atoms with Gasteiger partial charge in [-0.05, 0) is 63.4 Å². The lowest BCUT2D eigenvalue weighted by atomic mass is 9.88. The summed E-state index contributed by atoms with van der Waals surface area (Å²) >= 11 is 0. The van der Waals surface area contributed by atoms with Gasteiger partial charge < -0.3 is 10.6 Å². The predicted octanol–water partition coefficient (Wildman–Crippen LogP) is 2.21. The molecular formula is C15H22N2O. The first-order valence-corrected chi connectivity index (χ1v) is 6.81. The van der Waals surface area contributed by atoms with Crippen molar-refractivity contribution in [3.63, 3.8) is 0 Å². The van der Waals surface area contributed by atoms with Crippen molar-refractivity contribution < 1.29 is 4.79 Å². The normalized spacial score (nSPS) is 16.6. The molecule has 0 atom stereocenters. The summed E-state index contributed by atoms with van der Waals surface area (Å²) in [5.41, 5.74) is 3.29. The number of amides is 1. The molecule has 0 unspecified atom stereocenters. The summed E-state index contributed by atoms with van der Waals surface area (Å²) in [7, 11) is 0. The number of piperidine rings is 1. The highest BCUT2D eigenvalue weighted by Crippen LogP contribution is 2.26. The van der Waals surface area contributed by atoms with Crippen LogP contribution in [0.4, 0.5) is 0 Å². The highest BCUT2D eigenvalue weighted by Gasteiger charge is 2.17. The first-order valence-electron chi connectivity index (χ1n) is 6.81. The maximum Gasteiger partial charge on any atom is 0.251 e. The van der Waals surface area contributed by atoms with Gasteiger partial charge in [0.1, 0.15) is 0 Å². The zero-order chi connectivity index (χ0) is 13.0. The van der Waals surface area contributed by atoms with E-state index in [1.165, 1.54) is 11.1 Å². The standard InChI is InChI=1S/C15H22N2O/c1-3-17-15(18)14-9-11(2)8-13(10-14)12-4-6-16-7-5-12/h8-10,12,16H,3-7H2,1-2H3,(H,17,18). The first kappa shape index (κ1) is 13.1. The van der Waals surface area contributed by atoms with Crippen molar-refractivity contribution in [1.82, 2.24) is 10.6 Å². The third kappa shape index (κ3) is 3.10. The molecule has 2 rings (SSSR count). The summed E-state index contributed by atoms with van der Waals surface area (Å²) in [6.07, 6.45) is 2.33. The summed E-state index contributed by atoms with van der Waals surface area (Å²) in [5, 5.41) is 6.25. The Morgan fingerprint density at radius 1 is 1.33 bits per heavy atom. The number of hydrogen-bond acceptors (Lipinski definition) is 2. The van der Waals surface area contributed by atoms with Gasteiger partial charge in [0.25, 0.3) is 5.91 Å². The maximum absolute atomic E-state index is 11.9. The average molecular weight is 246 g/mol. The third-order valence-corrected chi connectivity index (χ3v) is 3.51. The molecule has 1 aliphatic heterocycles. The molecule has 18 heavy (non-hydrogen) atoms. The van der Waals surface area contributed by atoms with Crippen molar-refractivity contribution in [1.29, 1.82) is 0 Å². The van der Waals surface area contributed by atoms with Crippen molar-refractivity contribution >= 4 is 5.91 Å². The van der Waals surface area contributed by atoms with Crippen LogP contribution in [0.25, 0.3) is 0 Å². The molecule has 3 heteroatoms. The molecule has 3 nitrogen and oxygen atoms in total. The predicted molar refractivity (Wildman–Crippen MR) is 74.0 cm³/mol. The number of carbonyl (C=O) groups is 1. The summed E-state index contributed by atoms with van der Waals surface area (Å²) in [4.78, 5) is 11.9. The van der Waals surface area contributed by atoms with E-state index >= 15 is 0 Å². The van der Waals surface area contributed by atoms with Gasteiger partial charge in [-0.2, -0.15) is 0 Å². The smallest absolute Gasteiger partial charge is 0.251 e. The fourth-order valence-electron chi connectivity index (χ4n) is 2.60. The summed E-state index contributed by atoms with van der Waals surface area (Å²) < 4.78 is 0. The summed E-state index contributed by atoms with van der Waals surface area (Å²) in [5.74, 6) is 0.635. The Kier molecular flexibility index (Phi) is 4.37. The van der Waals surface area contributed by atoms with Crippen molar-refractivity contribution in [3.05, 3.63) is 34.9 Å². The van der Waals surface area contributed by atoms with Gasteiger partial charge in [0, 0.05) is 12.1 Å². The number of benzene rings is 1. The van der Waals surface area contributed by atoms with E-state index in [2.05, 4.69) is 29.7 Å². The van der Waals surface area contributed by atoms with Crippen molar-refractivity contribution in [3.8, 4) is 0 Å². The Morgan fingerprint density at radius 3 is 2.72 bits per heavy atom. The van der Waals surface area contributed by atoms with Crippen LogP contribution in [0, 0.1) is 6.92 Å². The lowest BCUT2D eigenvalue weighted by Crippen LogP contribution is -2.27. The molecule has 98 valence electrons. The largest absolute Gasteiger partial charge is 0.352 e. The molecule has 1 saturated heterocycles. The van der Waals surface area contributed by atoms with Gasteiger partial charge in [-0.15, -0.1) is 0 Å². The van der Waals surface area contributed by atoms with Gasteiger partial charge in [-0.25, -0.2) is 0 Å². The molecule has 2 N–H and O–H groups in total. The molecule has 1 aliphatic rings. The zero-order valence-electron chi connectivity index (χ0n) is 11.3. The lowest BCUT2D eigenvalue weighted by molar-refractivity contribution is 0.0955. The fraction of sp³-hybridized carbons (Fsp3) is 0.533. The van der Waals surface area contributed by atoms with Gasteiger partial charge in [-0.1, -0.05) is 11.6 Å². The average Bonchev–Trinajstić information content (AvgIpc) is 2.39. The molecule has 0 bridgehead atoms. The van der Waals surface area contributed by atoms with E-state index < -0.39 is 0 Å². The second-order valence-corrected chi connectivity index (χ2v) is 5.02. The second kappa shape index (κ2) is 6.01. The van der Waals surface area contributed by atoms with Crippen LogP contribution in [0.5, 0.6) is 0 Å². The molecule has 0 radical (unpaired) electrons. The van der Waals surface area contributed by atoms with E-state index in [4.69, 9.17) is 0 Å². The third-order valence-electron chi connectivity index (χ3n) is 3.51. The molecule has 1 fully saturated rings.